The molecule has 0 aliphatic carbocycles. The van der Waals surface area contributed by atoms with E-state index in [9.17, 15) is 18.0 Å². The number of carbonyl (C=O) groups is 1. The summed E-state index contributed by atoms with van der Waals surface area (Å²) in [6, 6.07) is 11.1. The van der Waals surface area contributed by atoms with Gasteiger partial charge in [0.05, 0.1) is 18.6 Å². The highest BCUT2D eigenvalue weighted by Gasteiger charge is 2.34. The maximum absolute atomic E-state index is 13.1. The third-order valence-corrected chi connectivity index (χ3v) is 4.61. The molecule has 0 spiro atoms. The third-order valence-electron chi connectivity index (χ3n) is 4.61. The highest BCUT2D eigenvalue weighted by Crippen LogP contribution is 2.36. The molecule has 3 rings (SSSR count). The maximum Gasteiger partial charge on any atom is 0.419 e. The van der Waals surface area contributed by atoms with Crippen LogP contribution in [0, 0.1) is 5.92 Å². The van der Waals surface area contributed by atoms with Gasteiger partial charge in [-0.25, -0.2) is 0 Å². The zero-order valence-electron chi connectivity index (χ0n) is 15.2. The Morgan fingerprint density at radius 2 is 1.79 bits per heavy atom. The van der Waals surface area contributed by atoms with Gasteiger partial charge in [0, 0.05) is 19.6 Å². The van der Waals surface area contributed by atoms with Crippen LogP contribution < -0.4 is 9.47 Å². The largest absolute Gasteiger partial charge is 0.496 e. The summed E-state index contributed by atoms with van der Waals surface area (Å²) in [4.78, 5) is 12.8. The van der Waals surface area contributed by atoms with Crippen LogP contribution in [-0.2, 0) is 24.1 Å². The molecule has 28 heavy (non-hydrogen) atoms. The number of nitrogens with zero attached hydrogens (tertiary/aromatic N) is 1. The lowest BCUT2D eigenvalue weighted by Gasteiger charge is -2.36. The first-order chi connectivity index (χ1) is 13.3. The summed E-state index contributed by atoms with van der Waals surface area (Å²) in [5.74, 6) is -0.752. The Balaban J connectivity index is 1.56. The van der Waals surface area contributed by atoms with E-state index in [0.717, 1.165) is 11.6 Å². The van der Waals surface area contributed by atoms with Crippen molar-refractivity contribution in [2.24, 2.45) is 5.92 Å². The van der Waals surface area contributed by atoms with Gasteiger partial charge < -0.3 is 14.6 Å². The predicted molar refractivity (Wildman–Crippen MR) is 95.2 cm³/mol. The summed E-state index contributed by atoms with van der Waals surface area (Å²) in [5.41, 5.74) is 0.568. The normalized spacial score (nSPS) is 15.1. The van der Waals surface area contributed by atoms with Crippen molar-refractivity contribution in [3.05, 3.63) is 59.2 Å². The van der Waals surface area contributed by atoms with Crippen LogP contribution in [0.3, 0.4) is 0 Å². The zero-order chi connectivity index (χ0) is 20.3. The Kier molecular flexibility index (Phi) is 5.79. The van der Waals surface area contributed by atoms with Crippen molar-refractivity contribution in [1.29, 1.82) is 0 Å². The summed E-state index contributed by atoms with van der Waals surface area (Å²) in [7, 11) is 1.20. The van der Waals surface area contributed by atoms with Crippen molar-refractivity contribution in [1.82, 2.24) is 4.90 Å². The van der Waals surface area contributed by atoms with E-state index in [1.807, 2.05) is 17.0 Å². The molecule has 150 valence electrons. The van der Waals surface area contributed by atoms with E-state index in [1.54, 1.807) is 12.1 Å². The van der Waals surface area contributed by atoms with Gasteiger partial charge in [-0.2, -0.15) is 13.2 Å². The number of alkyl halides is 3. The molecule has 0 atom stereocenters. The summed E-state index contributed by atoms with van der Waals surface area (Å²) in [6.07, 6.45) is -4.50. The van der Waals surface area contributed by atoms with Crippen molar-refractivity contribution in [2.45, 2.75) is 19.3 Å². The molecule has 0 unspecified atom stereocenters. The van der Waals surface area contributed by atoms with E-state index in [0.29, 0.717) is 30.9 Å². The second-order valence-electron chi connectivity index (χ2n) is 6.69. The number of halogens is 3. The van der Waals surface area contributed by atoms with Crippen molar-refractivity contribution < 1.29 is 32.5 Å². The molecular weight excluding hydrogens is 375 g/mol. The Morgan fingerprint density at radius 3 is 2.36 bits per heavy atom. The van der Waals surface area contributed by atoms with Crippen molar-refractivity contribution in [2.75, 3.05) is 20.2 Å². The molecule has 0 saturated carbocycles. The standard InChI is InChI=1S/C20H20F3NO4/c1-27-18-7-4-14(8-17(18)20(21,22)23)12-28-16-5-2-13(3-6-16)9-24-10-15(11-24)19(25)26/h2-8,15H,9-12H2,1H3,(H,25,26). The van der Waals surface area contributed by atoms with E-state index in [2.05, 4.69) is 0 Å². The molecule has 2 aromatic rings. The summed E-state index contributed by atoms with van der Waals surface area (Å²) in [5, 5.41) is 8.88. The molecule has 0 aromatic heterocycles. The van der Waals surface area contributed by atoms with Crippen LogP contribution in [0.1, 0.15) is 16.7 Å². The van der Waals surface area contributed by atoms with Crippen molar-refractivity contribution in [3.63, 3.8) is 0 Å². The highest BCUT2D eigenvalue weighted by molar-refractivity contribution is 5.71. The first-order valence-corrected chi connectivity index (χ1v) is 8.67. The van der Waals surface area contributed by atoms with Crippen molar-refractivity contribution >= 4 is 5.97 Å². The molecule has 1 saturated heterocycles. The molecule has 0 bridgehead atoms. The van der Waals surface area contributed by atoms with Crippen LogP contribution in [0.5, 0.6) is 11.5 Å². The van der Waals surface area contributed by atoms with Crippen LogP contribution in [0.4, 0.5) is 13.2 Å². The van der Waals surface area contributed by atoms with Crippen LogP contribution in [0.2, 0.25) is 0 Å². The van der Waals surface area contributed by atoms with E-state index < -0.39 is 17.7 Å². The van der Waals surface area contributed by atoms with Crippen LogP contribution in [0.15, 0.2) is 42.5 Å². The highest BCUT2D eigenvalue weighted by atomic mass is 19.4. The molecule has 0 radical (unpaired) electrons. The molecule has 1 fully saturated rings. The first kappa shape index (κ1) is 20.0. The number of methoxy groups -OCH3 is 1. The second kappa shape index (κ2) is 8.10. The smallest absolute Gasteiger partial charge is 0.419 e. The minimum atomic E-state index is -4.50. The number of hydrogen-bond acceptors (Lipinski definition) is 4. The Hall–Kier alpha value is -2.74. The number of rotatable bonds is 7. The molecule has 8 heteroatoms. The monoisotopic (exact) mass is 395 g/mol. The zero-order valence-corrected chi connectivity index (χ0v) is 15.2. The molecule has 1 heterocycles. The van der Waals surface area contributed by atoms with Gasteiger partial charge in [0.1, 0.15) is 18.1 Å². The van der Waals surface area contributed by atoms with Gasteiger partial charge in [-0.05, 0) is 35.4 Å². The summed E-state index contributed by atoms with van der Waals surface area (Å²) < 4.78 is 49.6. The fraction of sp³-hybridized carbons (Fsp3) is 0.350. The van der Waals surface area contributed by atoms with Gasteiger partial charge in [-0.3, -0.25) is 9.69 Å². The van der Waals surface area contributed by atoms with E-state index in [-0.39, 0.29) is 18.3 Å². The number of carboxylic acids is 1. The SMILES string of the molecule is COc1ccc(COc2ccc(CN3CC(C(=O)O)C3)cc2)cc1C(F)(F)F. The van der Waals surface area contributed by atoms with Gasteiger partial charge in [0.15, 0.2) is 0 Å². The van der Waals surface area contributed by atoms with Gasteiger partial charge in [0.2, 0.25) is 0 Å². The number of hydrogen-bond donors (Lipinski definition) is 1. The van der Waals surface area contributed by atoms with Gasteiger partial charge in [-0.15, -0.1) is 0 Å². The molecule has 2 aromatic carbocycles. The average Bonchev–Trinajstić information content (AvgIpc) is 2.62. The van der Waals surface area contributed by atoms with E-state index in [1.165, 1.54) is 19.2 Å². The Bertz CT molecular complexity index is 830. The molecule has 5 nitrogen and oxygen atoms in total. The average molecular weight is 395 g/mol. The Labute approximate surface area is 160 Å². The number of likely N-dealkylation sites (tertiary alicyclic amines) is 1. The Morgan fingerprint density at radius 1 is 1.14 bits per heavy atom. The third kappa shape index (κ3) is 4.75. The predicted octanol–water partition coefficient (Wildman–Crippen LogP) is 3.81. The number of aliphatic carboxylic acids is 1. The van der Waals surface area contributed by atoms with Crippen LogP contribution in [0.25, 0.3) is 0 Å². The fourth-order valence-corrected chi connectivity index (χ4v) is 3.04. The first-order valence-electron chi connectivity index (χ1n) is 8.67. The van der Waals surface area contributed by atoms with E-state index in [4.69, 9.17) is 14.6 Å². The van der Waals surface area contributed by atoms with Crippen LogP contribution in [-0.4, -0.2) is 36.2 Å². The number of ether oxygens (including phenoxy) is 2. The van der Waals surface area contributed by atoms with Gasteiger partial charge >= 0.3 is 12.1 Å². The summed E-state index contributed by atoms with van der Waals surface area (Å²) >= 11 is 0. The quantitative estimate of drug-likeness (QED) is 0.773. The fourth-order valence-electron chi connectivity index (χ4n) is 3.04. The van der Waals surface area contributed by atoms with Crippen LogP contribution >= 0.6 is 0 Å². The topological polar surface area (TPSA) is 59.0 Å². The molecule has 1 aliphatic rings. The second-order valence-corrected chi connectivity index (χ2v) is 6.69. The maximum atomic E-state index is 13.1. The van der Waals surface area contributed by atoms with Gasteiger partial charge in [0.25, 0.3) is 0 Å². The number of carboxylic acid groups (broad SMARTS) is 1. The molecular formula is C20H20F3NO4. The molecule has 1 N–H and O–H groups in total. The van der Waals surface area contributed by atoms with Crippen molar-refractivity contribution in [3.8, 4) is 11.5 Å². The summed E-state index contributed by atoms with van der Waals surface area (Å²) in [6.45, 7) is 1.72. The minimum absolute atomic E-state index is 0.00115. The molecule has 0 amide bonds. The number of benzene rings is 2. The lowest BCUT2D eigenvalue weighted by atomic mass is 10.00. The van der Waals surface area contributed by atoms with Gasteiger partial charge in [-0.1, -0.05) is 18.2 Å². The van der Waals surface area contributed by atoms with E-state index >= 15 is 0 Å². The molecule has 1 aliphatic heterocycles. The lowest BCUT2D eigenvalue weighted by molar-refractivity contribution is -0.147. The lowest BCUT2D eigenvalue weighted by Crippen LogP contribution is -2.49. The minimum Gasteiger partial charge on any atom is -0.496 e.